The minimum Gasteiger partial charge on any atom is -0.396 e. The van der Waals surface area contributed by atoms with Crippen molar-refractivity contribution in [2.45, 2.75) is 0 Å². The normalized spacial score (nSPS) is 10.2. The van der Waals surface area contributed by atoms with Gasteiger partial charge in [0, 0.05) is 10.9 Å². The van der Waals surface area contributed by atoms with E-state index in [-0.39, 0.29) is 11.4 Å². The van der Waals surface area contributed by atoms with E-state index in [4.69, 9.17) is 16.7 Å². The summed E-state index contributed by atoms with van der Waals surface area (Å²) in [5, 5.41) is 19.2. The quantitative estimate of drug-likeness (QED) is 0.715. The standard InChI is InChI=1S/C15H9N5S/c16-6-9-11(8-4-2-1-3-5-8)12-13(18)10(7-17)21-15(12)20-14(9)19/h1-5H,18H2,(H2,19,20). The maximum Gasteiger partial charge on any atom is 0.143 e. The summed E-state index contributed by atoms with van der Waals surface area (Å²) in [6, 6.07) is 13.5. The summed E-state index contributed by atoms with van der Waals surface area (Å²) in [5.74, 6) is 0.148. The number of thiophene rings is 1. The van der Waals surface area contributed by atoms with E-state index in [1.165, 1.54) is 11.3 Å². The second-order valence-electron chi connectivity index (χ2n) is 4.36. The Morgan fingerprint density at radius 3 is 2.38 bits per heavy atom. The van der Waals surface area contributed by atoms with E-state index >= 15 is 0 Å². The number of nitrogen functional groups attached to an aromatic ring is 2. The van der Waals surface area contributed by atoms with Gasteiger partial charge in [-0.25, -0.2) is 4.98 Å². The zero-order valence-electron chi connectivity index (χ0n) is 10.8. The number of nitrogens with zero attached hydrogens (tertiary/aromatic N) is 3. The van der Waals surface area contributed by atoms with Crippen molar-refractivity contribution in [3.63, 3.8) is 0 Å². The SMILES string of the molecule is N#Cc1sc2nc(N)c(C#N)c(-c3ccccc3)c2c1N. The molecule has 0 atom stereocenters. The number of pyridine rings is 1. The topological polar surface area (TPSA) is 113 Å². The highest BCUT2D eigenvalue weighted by Gasteiger charge is 2.21. The number of hydrogen-bond donors (Lipinski definition) is 2. The summed E-state index contributed by atoms with van der Waals surface area (Å²) in [6.07, 6.45) is 0. The number of nitrogens with two attached hydrogens (primary N) is 2. The first-order chi connectivity index (χ1) is 10.2. The van der Waals surface area contributed by atoms with Gasteiger partial charge >= 0.3 is 0 Å². The van der Waals surface area contributed by atoms with Gasteiger partial charge in [-0.1, -0.05) is 30.3 Å². The van der Waals surface area contributed by atoms with Crippen molar-refractivity contribution in [1.82, 2.24) is 4.98 Å². The van der Waals surface area contributed by atoms with E-state index in [9.17, 15) is 5.26 Å². The summed E-state index contributed by atoms with van der Waals surface area (Å²) in [6.45, 7) is 0. The maximum absolute atomic E-state index is 9.40. The van der Waals surface area contributed by atoms with Gasteiger partial charge in [0.1, 0.15) is 33.2 Å². The molecule has 2 heterocycles. The molecule has 0 aliphatic heterocycles. The summed E-state index contributed by atoms with van der Waals surface area (Å²) in [4.78, 5) is 5.15. The lowest BCUT2D eigenvalue weighted by Gasteiger charge is -2.09. The predicted molar refractivity (Wildman–Crippen MR) is 83.3 cm³/mol. The first-order valence-electron chi connectivity index (χ1n) is 6.04. The fourth-order valence-electron chi connectivity index (χ4n) is 2.26. The van der Waals surface area contributed by atoms with Crippen LogP contribution in [0.2, 0.25) is 0 Å². The molecular weight excluding hydrogens is 282 g/mol. The molecule has 21 heavy (non-hydrogen) atoms. The van der Waals surface area contributed by atoms with Crippen LogP contribution in [0.1, 0.15) is 10.4 Å². The van der Waals surface area contributed by atoms with Crippen LogP contribution in [0.15, 0.2) is 30.3 Å². The average molecular weight is 291 g/mol. The highest BCUT2D eigenvalue weighted by Crippen LogP contribution is 2.42. The van der Waals surface area contributed by atoms with Crippen molar-refractivity contribution in [2.24, 2.45) is 0 Å². The molecule has 0 saturated heterocycles. The molecule has 0 bridgehead atoms. The molecule has 2 aromatic heterocycles. The van der Waals surface area contributed by atoms with Gasteiger partial charge in [0.15, 0.2) is 0 Å². The van der Waals surface area contributed by atoms with Crippen molar-refractivity contribution in [3.8, 4) is 23.3 Å². The first-order valence-corrected chi connectivity index (χ1v) is 6.86. The summed E-state index contributed by atoms with van der Waals surface area (Å²) in [5.41, 5.74) is 14.0. The molecule has 0 amide bonds. The van der Waals surface area contributed by atoms with Crippen LogP contribution in [-0.4, -0.2) is 4.98 Å². The molecule has 100 valence electrons. The van der Waals surface area contributed by atoms with Crippen LogP contribution in [0.3, 0.4) is 0 Å². The molecule has 0 unspecified atom stereocenters. The lowest BCUT2D eigenvalue weighted by atomic mass is 9.97. The van der Waals surface area contributed by atoms with Gasteiger partial charge in [0.2, 0.25) is 0 Å². The van der Waals surface area contributed by atoms with Gasteiger partial charge in [0.05, 0.1) is 5.69 Å². The van der Waals surface area contributed by atoms with Gasteiger partial charge in [-0.15, -0.1) is 11.3 Å². The molecule has 0 saturated carbocycles. The Morgan fingerprint density at radius 2 is 1.76 bits per heavy atom. The Bertz CT molecular complexity index is 929. The van der Waals surface area contributed by atoms with Crippen LogP contribution in [0.4, 0.5) is 11.5 Å². The lowest BCUT2D eigenvalue weighted by molar-refractivity contribution is 1.39. The monoisotopic (exact) mass is 291 g/mol. The molecule has 1 aromatic carbocycles. The first kappa shape index (κ1) is 12.9. The van der Waals surface area contributed by atoms with Gasteiger partial charge in [-0.3, -0.25) is 0 Å². The largest absolute Gasteiger partial charge is 0.396 e. The Morgan fingerprint density at radius 1 is 1.05 bits per heavy atom. The molecule has 6 heteroatoms. The molecule has 0 radical (unpaired) electrons. The highest BCUT2D eigenvalue weighted by molar-refractivity contribution is 7.20. The number of benzene rings is 1. The van der Waals surface area contributed by atoms with E-state index in [1.807, 2.05) is 30.3 Å². The molecule has 4 N–H and O–H groups in total. The number of nitriles is 2. The lowest BCUT2D eigenvalue weighted by Crippen LogP contribution is -1.99. The number of anilines is 2. The number of aromatic nitrogens is 1. The fourth-order valence-corrected chi connectivity index (χ4v) is 3.17. The van der Waals surface area contributed by atoms with Crippen LogP contribution in [-0.2, 0) is 0 Å². The molecule has 0 fully saturated rings. The smallest absolute Gasteiger partial charge is 0.143 e. The van der Waals surface area contributed by atoms with E-state index in [1.54, 1.807) is 0 Å². The molecular formula is C15H9N5S. The molecule has 5 nitrogen and oxygen atoms in total. The number of rotatable bonds is 1. The Labute approximate surface area is 124 Å². The van der Waals surface area contributed by atoms with Crippen molar-refractivity contribution in [1.29, 1.82) is 10.5 Å². The molecule has 0 spiro atoms. The van der Waals surface area contributed by atoms with E-state index in [2.05, 4.69) is 17.1 Å². The minimum atomic E-state index is 0.148. The van der Waals surface area contributed by atoms with Crippen molar-refractivity contribution in [2.75, 3.05) is 11.5 Å². The highest BCUT2D eigenvalue weighted by atomic mass is 32.1. The van der Waals surface area contributed by atoms with Crippen LogP contribution >= 0.6 is 11.3 Å². The zero-order chi connectivity index (χ0) is 15.0. The van der Waals surface area contributed by atoms with E-state index in [0.29, 0.717) is 26.3 Å². The van der Waals surface area contributed by atoms with Gasteiger partial charge in [-0.2, -0.15) is 10.5 Å². The Balaban J connectivity index is 2.54. The van der Waals surface area contributed by atoms with Gasteiger partial charge in [-0.05, 0) is 5.56 Å². The third kappa shape index (κ3) is 1.86. The number of fused-ring (bicyclic) bond motifs is 1. The summed E-state index contributed by atoms with van der Waals surface area (Å²) >= 11 is 1.18. The van der Waals surface area contributed by atoms with E-state index < -0.39 is 0 Å². The molecule has 0 aliphatic carbocycles. The number of hydrogen-bond acceptors (Lipinski definition) is 6. The van der Waals surface area contributed by atoms with Crippen molar-refractivity contribution < 1.29 is 0 Å². The second kappa shape index (κ2) is 4.78. The third-order valence-electron chi connectivity index (χ3n) is 3.18. The van der Waals surface area contributed by atoms with Crippen LogP contribution in [0.25, 0.3) is 21.3 Å². The molecule has 3 rings (SSSR count). The fraction of sp³-hybridized carbons (Fsp3) is 0. The predicted octanol–water partition coefficient (Wildman–Crippen LogP) is 2.87. The van der Waals surface area contributed by atoms with Gasteiger partial charge < -0.3 is 11.5 Å². The van der Waals surface area contributed by atoms with Crippen LogP contribution in [0.5, 0.6) is 0 Å². The van der Waals surface area contributed by atoms with Crippen molar-refractivity contribution in [3.05, 3.63) is 40.8 Å². The summed E-state index contributed by atoms with van der Waals surface area (Å²) in [7, 11) is 0. The van der Waals surface area contributed by atoms with E-state index in [0.717, 1.165) is 5.56 Å². The van der Waals surface area contributed by atoms with Crippen molar-refractivity contribution >= 4 is 33.1 Å². The van der Waals surface area contributed by atoms with Crippen LogP contribution in [0, 0.1) is 22.7 Å². The minimum absolute atomic E-state index is 0.148. The van der Waals surface area contributed by atoms with Crippen LogP contribution < -0.4 is 11.5 Å². The summed E-state index contributed by atoms with van der Waals surface area (Å²) < 4.78 is 0. The zero-order valence-corrected chi connectivity index (χ0v) is 11.6. The Hall–Kier alpha value is -3.09. The maximum atomic E-state index is 9.40. The third-order valence-corrected chi connectivity index (χ3v) is 4.18. The average Bonchev–Trinajstić information content (AvgIpc) is 2.82. The Kier molecular flexibility index (Phi) is 2.94. The molecule has 3 aromatic rings. The molecule has 0 aliphatic rings. The second-order valence-corrected chi connectivity index (χ2v) is 5.36. The van der Waals surface area contributed by atoms with Gasteiger partial charge in [0.25, 0.3) is 0 Å².